The lowest BCUT2D eigenvalue weighted by Crippen LogP contribution is -2.47. The molecule has 1 saturated carbocycles. The average molecular weight is 466 g/mol. The Morgan fingerprint density at radius 1 is 1.09 bits per heavy atom. The second-order valence-electron chi connectivity index (χ2n) is 10.4. The highest BCUT2D eigenvalue weighted by molar-refractivity contribution is 5.77. The van der Waals surface area contributed by atoms with Gasteiger partial charge in [-0.25, -0.2) is 4.68 Å². The third-order valence-corrected chi connectivity index (χ3v) is 7.79. The zero-order chi connectivity index (χ0) is 24.1. The summed E-state index contributed by atoms with van der Waals surface area (Å²) >= 11 is 0. The largest absolute Gasteiger partial charge is 0.354 e. The van der Waals surface area contributed by atoms with Gasteiger partial charge in [0.1, 0.15) is 5.82 Å². The van der Waals surface area contributed by atoms with Gasteiger partial charge in [0, 0.05) is 44.2 Å². The number of likely N-dealkylation sites (N-methyl/N-ethyl adjacent to an activating group) is 1. The Balaban J connectivity index is 1.61. The molecule has 1 aromatic carbocycles. The molecule has 0 bridgehead atoms. The topological polar surface area (TPSA) is 44.6 Å². The standard InChI is InChI=1S/C28H43N5O/c1-5-30-17-19-31(20-18-30)28-26(23(4)29-33(28)25-13-7-6-8-14-25)21-32(22(2)3)27(34)16-15-24-11-9-10-12-24/h6-8,13-14,22,24H,5,9-12,15-21H2,1-4H3. The average Bonchev–Trinajstić information content (AvgIpc) is 3.49. The number of carbonyl (C=O) groups is 1. The number of para-hydroxylation sites is 1. The van der Waals surface area contributed by atoms with E-state index in [9.17, 15) is 4.79 Å². The molecule has 1 aliphatic heterocycles. The lowest BCUT2D eigenvalue weighted by molar-refractivity contribution is -0.133. The van der Waals surface area contributed by atoms with Gasteiger partial charge in [-0.05, 0) is 51.8 Å². The minimum atomic E-state index is 0.167. The van der Waals surface area contributed by atoms with Crippen molar-refractivity contribution in [2.75, 3.05) is 37.6 Å². The summed E-state index contributed by atoms with van der Waals surface area (Å²) in [5.41, 5.74) is 3.29. The van der Waals surface area contributed by atoms with E-state index in [2.05, 4.69) is 71.3 Å². The number of carbonyl (C=O) groups excluding carboxylic acids is 1. The van der Waals surface area contributed by atoms with Crippen molar-refractivity contribution in [3.63, 3.8) is 0 Å². The molecule has 0 unspecified atom stereocenters. The van der Waals surface area contributed by atoms with E-state index in [1.54, 1.807) is 0 Å². The van der Waals surface area contributed by atoms with Crippen molar-refractivity contribution < 1.29 is 4.79 Å². The summed E-state index contributed by atoms with van der Waals surface area (Å²) in [4.78, 5) is 20.4. The van der Waals surface area contributed by atoms with Crippen LogP contribution in [-0.2, 0) is 11.3 Å². The quantitative estimate of drug-likeness (QED) is 0.521. The number of hydrogen-bond acceptors (Lipinski definition) is 4. The Kier molecular flexibility index (Phi) is 8.30. The van der Waals surface area contributed by atoms with E-state index >= 15 is 0 Å². The van der Waals surface area contributed by atoms with Gasteiger partial charge in [-0.2, -0.15) is 5.10 Å². The van der Waals surface area contributed by atoms with Crippen molar-refractivity contribution in [1.29, 1.82) is 0 Å². The lowest BCUT2D eigenvalue weighted by atomic mass is 10.0. The van der Waals surface area contributed by atoms with Gasteiger partial charge in [-0.15, -0.1) is 0 Å². The predicted molar refractivity (Wildman–Crippen MR) is 140 cm³/mol. The number of aryl methyl sites for hydroxylation is 1. The molecule has 2 fully saturated rings. The summed E-state index contributed by atoms with van der Waals surface area (Å²) in [6.45, 7) is 14.4. The molecular weight excluding hydrogens is 422 g/mol. The molecule has 186 valence electrons. The van der Waals surface area contributed by atoms with Crippen LogP contribution in [-0.4, -0.2) is 64.3 Å². The summed E-state index contributed by atoms with van der Waals surface area (Å²) in [6.07, 6.45) is 6.96. The van der Waals surface area contributed by atoms with Gasteiger partial charge in [0.05, 0.1) is 17.9 Å². The maximum absolute atomic E-state index is 13.4. The monoisotopic (exact) mass is 465 g/mol. The fourth-order valence-corrected chi connectivity index (χ4v) is 5.58. The molecule has 1 saturated heterocycles. The van der Waals surface area contributed by atoms with Crippen LogP contribution in [0.3, 0.4) is 0 Å². The fraction of sp³-hybridized carbons (Fsp3) is 0.643. The first-order valence-electron chi connectivity index (χ1n) is 13.4. The van der Waals surface area contributed by atoms with E-state index in [-0.39, 0.29) is 11.9 Å². The number of hydrogen-bond donors (Lipinski definition) is 0. The first-order chi connectivity index (χ1) is 16.5. The Hall–Kier alpha value is -2.34. The second kappa shape index (κ2) is 11.4. The zero-order valence-electron chi connectivity index (χ0n) is 21.7. The van der Waals surface area contributed by atoms with Gasteiger partial charge < -0.3 is 14.7 Å². The van der Waals surface area contributed by atoms with Crippen LogP contribution in [0.5, 0.6) is 0 Å². The third-order valence-electron chi connectivity index (χ3n) is 7.79. The highest BCUT2D eigenvalue weighted by atomic mass is 16.2. The van der Waals surface area contributed by atoms with Crippen LogP contribution in [0.1, 0.15) is 70.6 Å². The Bertz CT molecular complexity index is 924. The lowest BCUT2D eigenvalue weighted by Gasteiger charge is -2.37. The number of piperazine rings is 1. The van der Waals surface area contributed by atoms with Gasteiger partial charge in [-0.1, -0.05) is 50.8 Å². The van der Waals surface area contributed by atoms with Gasteiger partial charge in [0.15, 0.2) is 0 Å². The van der Waals surface area contributed by atoms with Crippen molar-refractivity contribution in [3.05, 3.63) is 41.6 Å². The Morgan fingerprint density at radius 2 is 1.76 bits per heavy atom. The highest BCUT2D eigenvalue weighted by Gasteiger charge is 2.28. The maximum Gasteiger partial charge on any atom is 0.223 e. The van der Waals surface area contributed by atoms with Crippen molar-refractivity contribution in [2.24, 2.45) is 5.92 Å². The summed E-state index contributed by atoms with van der Waals surface area (Å²) in [6, 6.07) is 10.6. The molecule has 2 aromatic rings. The number of benzene rings is 1. The van der Waals surface area contributed by atoms with Crippen LogP contribution in [0, 0.1) is 12.8 Å². The molecular formula is C28H43N5O. The second-order valence-corrected chi connectivity index (χ2v) is 10.4. The maximum atomic E-state index is 13.4. The SMILES string of the molecule is CCN1CCN(c2c(CN(C(=O)CCC3CCCC3)C(C)C)c(C)nn2-c2ccccc2)CC1. The van der Waals surface area contributed by atoms with Crippen LogP contribution in [0.2, 0.25) is 0 Å². The Morgan fingerprint density at radius 3 is 2.38 bits per heavy atom. The first kappa shape index (κ1) is 24.8. The van der Waals surface area contributed by atoms with Gasteiger partial charge in [0.25, 0.3) is 0 Å². The summed E-state index contributed by atoms with van der Waals surface area (Å²) in [5.74, 6) is 2.19. The molecule has 1 aromatic heterocycles. The number of rotatable bonds is 9. The normalized spacial score (nSPS) is 17.6. The van der Waals surface area contributed by atoms with Crippen LogP contribution in [0.25, 0.3) is 5.69 Å². The molecule has 1 aliphatic carbocycles. The molecule has 0 atom stereocenters. The molecule has 0 radical (unpaired) electrons. The molecule has 34 heavy (non-hydrogen) atoms. The fourth-order valence-electron chi connectivity index (χ4n) is 5.58. The predicted octanol–water partition coefficient (Wildman–Crippen LogP) is 5.03. The molecule has 2 heterocycles. The van der Waals surface area contributed by atoms with Crippen molar-refractivity contribution >= 4 is 11.7 Å². The van der Waals surface area contributed by atoms with Crippen molar-refractivity contribution in [3.8, 4) is 5.69 Å². The van der Waals surface area contributed by atoms with Crippen LogP contribution < -0.4 is 4.90 Å². The summed E-state index contributed by atoms with van der Waals surface area (Å²) in [5, 5.41) is 5.00. The van der Waals surface area contributed by atoms with Gasteiger partial charge >= 0.3 is 0 Å². The number of amides is 1. The molecule has 2 aliphatic rings. The van der Waals surface area contributed by atoms with E-state index in [1.807, 2.05) is 6.07 Å². The van der Waals surface area contributed by atoms with Crippen LogP contribution in [0.15, 0.2) is 30.3 Å². The number of anilines is 1. The zero-order valence-corrected chi connectivity index (χ0v) is 21.7. The molecule has 0 N–H and O–H groups in total. The summed E-state index contributed by atoms with van der Waals surface area (Å²) < 4.78 is 2.10. The molecule has 0 spiro atoms. The van der Waals surface area contributed by atoms with Crippen LogP contribution >= 0.6 is 0 Å². The van der Waals surface area contributed by atoms with E-state index in [4.69, 9.17) is 5.10 Å². The first-order valence-corrected chi connectivity index (χ1v) is 13.4. The molecule has 6 heteroatoms. The van der Waals surface area contributed by atoms with Crippen LogP contribution in [0.4, 0.5) is 5.82 Å². The molecule has 4 rings (SSSR count). The van der Waals surface area contributed by atoms with Gasteiger partial charge in [-0.3, -0.25) is 4.79 Å². The van der Waals surface area contributed by atoms with Gasteiger partial charge in [0.2, 0.25) is 5.91 Å². The Labute approximate surface area is 205 Å². The number of nitrogens with zero attached hydrogens (tertiary/aromatic N) is 5. The van der Waals surface area contributed by atoms with Crippen molar-refractivity contribution in [1.82, 2.24) is 19.6 Å². The highest BCUT2D eigenvalue weighted by Crippen LogP contribution is 2.32. The minimum Gasteiger partial charge on any atom is -0.354 e. The van der Waals surface area contributed by atoms with E-state index in [0.29, 0.717) is 13.0 Å². The molecule has 6 nitrogen and oxygen atoms in total. The molecule has 1 amide bonds. The van der Waals surface area contributed by atoms with E-state index in [1.165, 1.54) is 31.2 Å². The number of aromatic nitrogens is 2. The summed E-state index contributed by atoms with van der Waals surface area (Å²) in [7, 11) is 0. The smallest absolute Gasteiger partial charge is 0.223 e. The van der Waals surface area contributed by atoms with Crippen molar-refractivity contribution in [2.45, 2.75) is 78.8 Å². The van der Waals surface area contributed by atoms with E-state index < -0.39 is 0 Å². The minimum absolute atomic E-state index is 0.167. The third kappa shape index (κ3) is 5.65. The van der Waals surface area contributed by atoms with E-state index in [0.717, 1.165) is 62.3 Å².